The lowest BCUT2D eigenvalue weighted by molar-refractivity contribution is -0.141. The second kappa shape index (κ2) is 5.55. The number of hydrogen-bond acceptors (Lipinski definition) is 4. The number of anilines is 1. The van der Waals surface area contributed by atoms with Gasteiger partial charge in [-0.3, -0.25) is 0 Å². The van der Waals surface area contributed by atoms with E-state index in [1.165, 1.54) is 6.92 Å². The summed E-state index contributed by atoms with van der Waals surface area (Å²) in [5, 5.41) is 0. The summed E-state index contributed by atoms with van der Waals surface area (Å²) < 4.78 is 38.3. The second-order valence-electron chi connectivity index (χ2n) is 5.34. The van der Waals surface area contributed by atoms with Gasteiger partial charge in [-0.05, 0) is 33.9 Å². The number of piperidine rings is 1. The van der Waals surface area contributed by atoms with E-state index < -0.39 is 11.9 Å². The molecular weight excluding hydrogens is 269 g/mol. The van der Waals surface area contributed by atoms with Gasteiger partial charge in [-0.25, -0.2) is 9.97 Å². The van der Waals surface area contributed by atoms with E-state index >= 15 is 0 Å². The molecule has 1 aliphatic heterocycles. The largest absolute Gasteiger partial charge is 0.433 e. The molecule has 0 spiro atoms. The monoisotopic (exact) mass is 288 g/mol. The predicted molar refractivity (Wildman–Crippen MR) is 70.7 cm³/mol. The summed E-state index contributed by atoms with van der Waals surface area (Å²) in [6.45, 7) is 2.93. The summed E-state index contributed by atoms with van der Waals surface area (Å²) in [6, 6.07) is 1.53. The van der Waals surface area contributed by atoms with Crippen molar-refractivity contribution >= 4 is 5.82 Å². The highest BCUT2D eigenvalue weighted by atomic mass is 19.4. The van der Waals surface area contributed by atoms with Crippen LogP contribution in [0.5, 0.6) is 0 Å². The molecule has 0 unspecified atom stereocenters. The third-order valence-corrected chi connectivity index (χ3v) is 3.63. The highest BCUT2D eigenvalue weighted by Crippen LogP contribution is 2.30. The number of aromatic nitrogens is 2. The van der Waals surface area contributed by atoms with Crippen LogP contribution in [0, 0.1) is 6.92 Å². The molecule has 20 heavy (non-hydrogen) atoms. The van der Waals surface area contributed by atoms with Crippen molar-refractivity contribution in [3.8, 4) is 0 Å². The molecule has 0 amide bonds. The lowest BCUT2D eigenvalue weighted by Crippen LogP contribution is -2.42. The highest BCUT2D eigenvalue weighted by molar-refractivity contribution is 5.41. The molecule has 1 aliphatic rings. The van der Waals surface area contributed by atoms with Crippen molar-refractivity contribution in [3.05, 3.63) is 17.6 Å². The Bertz CT molecular complexity index is 465. The number of rotatable bonds is 2. The van der Waals surface area contributed by atoms with Crippen LogP contribution in [0.2, 0.25) is 0 Å². The molecule has 0 atom stereocenters. The van der Waals surface area contributed by atoms with E-state index in [1.807, 2.05) is 19.0 Å². The zero-order chi connectivity index (χ0) is 14.9. The fourth-order valence-corrected chi connectivity index (χ4v) is 2.47. The lowest BCUT2D eigenvalue weighted by atomic mass is 10.0. The van der Waals surface area contributed by atoms with Crippen LogP contribution in [0.3, 0.4) is 0 Å². The number of halogens is 3. The minimum Gasteiger partial charge on any atom is -0.356 e. The SMILES string of the molecule is Cc1nc(N2CCC(N(C)C)CC2)cc(C(F)(F)F)n1. The van der Waals surface area contributed by atoms with Gasteiger partial charge in [-0.2, -0.15) is 13.2 Å². The van der Waals surface area contributed by atoms with Crippen molar-refractivity contribution in [2.75, 3.05) is 32.1 Å². The van der Waals surface area contributed by atoms with E-state index in [0.717, 1.165) is 32.0 Å². The molecule has 1 fully saturated rings. The van der Waals surface area contributed by atoms with Crippen LogP contribution in [0.4, 0.5) is 19.0 Å². The third kappa shape index (κ3) is 3.39. The lowest BCUT2D eigenvalue weighted by Gasteiger charge is -2.36. The van der Waals surface area contributed by atoms with Gasteiger partial charge in [0.25, 0.3) is 0 Å². The molecule has 0 aromatic carbocycles. The van der Waals surface area contributed by atoms with E-state index in [2.05, 4.69) is 14.9 Å². The molecule has 1 aromatic heterocycles. The van der Waals surface area contributed by atoms with Crippen LogP contribution in [0.1, 0.15) is 24.4 Å². The molecule has 7 heteroatoms. The third-order valence-electron chi connectivity index (χ3n) is 3.63. The molecule has 0 bridgehead atoms. The van der Waals surface area contributed by atoms with E-state index in [0.29, 0.717) is 11.9 Å². The number of nitrogens with zero attached hydrogens (tertiary/aromatic N) is 4. The average molecular weight is 288 g/mol. The maximum atomic E-state index is 12.8. The summed E-state index contributed by atoms with van der Waals surface area (Å²) in [5.74, 6) is 0.534. The van der Waals surface area contributed by atoms with Gasteiger partial charge in [-0.1, -0.05) is 0 Å². The number of aryl methyl sites for hydroxylation is 1. The normalized spacial score (nSPS) is 17.9. The van der Waals surface area contributed by atoms with E-state index in [9.17, 15) is 13.2 Å². The van der Waals surface area contributed by atoms with Gasteiger partial charge in [0.2, 0.25) is 0 Å². The zero-order valence-corrected chi connectivity index (χ0v) is 11.9. The summed E-state index contributed by atoms with van der Waals surface area (Å²) >= 11 is 0. The molecule has 2 rings (SSSR count). The summed E-state index contributed by atoms with van der Waals surface area (Å²) in [5.41, 5.74) is -0.866. The van der Waals surface area contributed by atoms with Crippen LogP contribution >= 0.6 is 0 Å². The number of hydrogen-bond donors (Lipinski definition) is 0. The molecule has 1 aromatic rings. The maximum Gasteiger partial charge on any atom is 0.433 e. The van der Waals surface area contributed by atoms with E-state index in [1.54, 1.807) is 0 Å². The zero-order valence-electron chi connectivity index (χ0n) is 11.9. The molecule has 2 heterocycles. The molecule has 1 saturated heterocycles. The molecule has 4 nitrogen and oxygen atoms in total. The van der Waals surface area contributed by atoms with Gasteiger partial charge in [-0.15, -0.1) is 0 Å². The predicted octanol–water partition coefficient (Wildman–Crippen LogP) is 2.33. The Morgan fingerprint density at radius 2 is 1.80 bits per heavy atom. The minimum absolute atomic E-state index is 0.157. The second-order valence-corrected chi connectivity index (χ2v) is 5.34. The van der Waals surface area contributed by atoms with Crippen LogP contribution < -0.4 is 4.90 Å². The molecule has 112 valence electrons. The van der Waals surface area contributed by atoms with Crippen LogP contribution in [0.25, 0.3) is 0 Å². The van der Waals surface area contributed by atoms with Gasteiger partial charge in [0.1, 0.15) is 17.3 Å². The first-order chi connectivity index (χ1) is 9.27. The van der Waals surface area contributed by atoms with Crippen molar-refractivity contribution in [3.63, 3.8) is 0 Å². The van der Waals surface area contributed by atoms with Gasteiger partial charge in [0.15, 0.2) is 0 Å². The summed E-state index contributed by atoms with van der Waals surface area (Å²) in [6.07, 6.45) is -2.57. The first kappa shape index (κ1) is 15.0. The van der Waals surface area contributed by atoms with E-state index in [-0.39, 0.29) is 5.82 Å². The van der Waals surface area contributed by atoms with Gasteiger partial charge >= 0.3 is 6.18 Å². The minimum atomic E-state index is -4.43. The molecular formula is C13H19F3N4. The standard InChI is InChI=1S/C13H19F3N4/c1-9-17-11(13(14,15)16)8-12(18-9)20-6-4-10(5-7-20)19(2)3/h8,10H,4-7H2,1-3H3. The van der Waals surface area contributed by atoms with Gasteiger partial charge in [0, 0.05) is 25.2 Å². The van der Waals surface area contributed by atoms with Crippen LogP contribution in [-0.2, 0) is 6.18 Å². The molecule has 0 radical (unpaired) electrons. The highest BCUT2D eigenvalue weighted by Gasteiger charge is 2.34. The van der Waals surface area contributed by atoms with Crippen LogP contribution in [0.15, 0.2) is 6.07 Å². The van der Waals surface area contributed by atoms with Gasteiger partial charge in [0.05, 0.1) is 0 Å². The topological polar surface area (TPSA) is 32.3 Å². The Labute approximate surface area is 116 Å². The fourth-order valence-electron chi connectivity index (χ4n) is 2.47. The Morgan fingerprint density at radius 1 is 1.20 bits per heavy atom. The van der Waals surface area contributed by atoms with Crippen LogP contribution in [-0.4, -0.2) is 48.1 Å². The smallest absolute Gasteiger partial charge is 0.356 e. The van der Waals surface area contributed by atoms with E-state index in [4.69, 9.17) is 0 Å². The average Bonchev–Trinajstić information content (AvgIpc) is 2.37. The van der Waals surface area contributed by atoms with Gasteiger partial charge < -0.3 is 9.80 Å². The Morgan fingerprint density at radius 3 is 2.30 bits per heavy atom. The van der Waals surface area contributed by atoms with Crippen molar-refractivity contribution < 1.29 is 13.2 Å². The molecule has 0 aliphatic carbocycles. The van der Waals surface area contributed by atoms with Crippen molar-refractivity contribution in [2.24, 2.45) is 0 Å². The summed E-state index contributed by atoms with van der Waals surface area (Å²) in [4.78, 5) is 11.7. The fraction of sp³-hybridized carbons (Fsp3) is 0.692. The Balaban J connectivity index is 2.16. The Hall–Kier alpha value is -1.37. The number of alkyl halides is 3. The first-order valence-corrected chi connectivity index (χ1v) is 6.61. The Kier molecular flexibility index (Phi) is 4.17. The summed E-state index contributed by atoms with van der Waals surface area (Å²) in [7, 11) is 4.05. The maximum absolute atomic E-state index is 12.8. The van der Waals surface area contributed by atoms with Crippen molar-refractivity contribution in [1.82, 2.24) is 14.9 Å². The van der Waals surface area contributed by atoms with Crippen molar-refractivity contribution in [1.29, 1.82) is 0 Å². The molecule has 0 saturated carbocycles. The quantitative estimate of drug-likeness (QED) is 0.836. The molecule has 0 N–H and O–H groups in total. The van der Waals surface area contributed by atoms with Crippen molar-refractivity contribution in [2.45, 2.75) is 32.0 Å². The first-order valence-electron chi connectivity index (χ1n) is 6.61.